The van der Waals surface area contributed by atoms with E-state index in [-0.39, 0.29) is 17.3 Å². The van der Waals surface area contributed by atoms with E-state index in [0.717, 1.165) is 11.3 Å². The van der Waals surface area contributed by atoms with Crippen molar-refractivity contribution in [1.29, 1.82) is 0 Å². The molecule has 1 aromatic heterocycles. The van der Waals surface area contributed by atoms with E-state index in [4.69, 9.17) is 0 Å². The van der Waals surface area contributed by atoms with Gasteiger partial charge in [-0.05, 0) is 60.2 Å². The van der Waals surface area contributed by atoms with Gasteiger partial charge in [0.15, 0.2) is 0 Å². The zero-order chi connectivity index (χ0) is 22.6. The summed E-state index contributed by atoms with van der Waals surface area (Å²) >= 11 is 0. The number of carbonyl (C=O) groups is 1. The second-order valence-corrected chi connectivity index (χ2v) is 9.27. The van der Waals surface area contributed by atoms with Crippen LogP contribution in [-0.4, -0.2) is 35.5 Å². The first-order valence-electron chi connectivity index (χ1n) is 9.95. The van der Waals surface area contributed by atoms with Crippen molar-refractivity contribution in [3.63, 3.8) is 0 Å². The standard InChI is InChI=1S/C24H22N4O3S/c1-27(18-19-6-3-2-4-7-19)32(30,31)23-14-10-21(11-15-23)26-24(29)20-8-12-22(13-9-20)28-17-5-16-25-28/h2-17H,18H2,1H3,(H,26,29). The maximum Gasteiger partial charge on any atom is 0.255 e. The van der Waals surface area contributed by atoms with Crippen molar-refractivity contribution in [3.05, 3.63) is 108 Å². The van der Waals surface area contributed by atoms with Crippen molar-refractivity contribution >= 4 is 21.6 Å². The summed E-state index contributed by atoms with van der Waals surface area (Å²) in [5.41, 5.74) is 2.75. The molecule has 32 heavy (non-hydrogen) atoms. The molecule has 0 unspecified atom stereocenters. The Morgan fingerprint density at radius 1 is 0.938 bits per heavy atom. The average Bonchev–Trinajstić information content (AvgIpc) is 3.35. The highest BCUT2D eigenvalue weighted by atomic mass is 32.2. The lowest BCUT2D eigenvalue weighted by Gasteiger charge is -2.17. The molecule has 4 aromatic rings. The Balaban J connectivity index is 1.42. The van der Waals surface area contributed by atoms with E-state index < -0.39 is 10.0 Å². The number of aromatic nitrogens is 2. The minimum Gasteiger partial charge on any atom is -0.322 e. The Morgan fingerprint density at radius 3 is 2.25 bits per heavy atom. The van der Waals surface area contributed by atoms with E-state index in [9.17, 15) is 13.2 Å². The third-order valence-corrected chi connectivity index (χ3v) is 6.78. The van der Waals surface area contributed by atoms with E-state index in [0.29, 0.717) is 11.3 Å². The Kier molecular flexibility index (Phi) is 6.16. The molecule has 7 nitrogen and oxygen atoms in total. The molecule has 0 aliphatic carbocycles. The first-order valence-corrected chi connectivity index (χ1v) is 11.4. The predicted octanol–water partition coefficient (Wildman–Crippen LogP) is 3.95. The first kappa shape index (κ1) is 21.5. The smallest absolute Gasteiger partial charge is 0.255 e. The third-order valence-electron chi connectivity index (χ3n) is 4.97. The molecule has 1 amide bonds. The topological polar surface area (TPSA) is 84.3 Å². The zero-order valence-corrected chi connectivity index (χ0v) is 18.2. The summed E-state index contributed by atoms with van der Waals surface area (Å²) in [5.74, 6) is -0.284. The van der Waals surface area contributed by atoms with Crippen molar-refractivity contribution in [2.45, 2.75) is 11.4 Å². The molecule has 8 heteroatoms. The number of hydrogen-bond acceptors (Lipinski definition) is 4. The Morgan fingerprint density at radius 2 is 1.62 bits per heavy atom. The SMILES string of the molecule is CN(Cc1ccccc1)S(=O)(=O)c1ccc(NC(=O)c2ccc(-n3cccn3)cc2)cc1. The molecule has 0 aliphatic rings. The molecule has 0 bridgehead atoms. The number of anilines is 1. The van der Waals surface area contributed by atoms with E-state index in [2.05, 4.69) is 10.4 Å². The second-order valence-electron chi connectivity index (χ2n) is 7.22. The van der Waals surface area contributed by atoms with Gasteiger partial charge in [0.1, 0.15) is 0 Å². The number of amides is 1. The van der Waals surface area contributed by atoms with Crippen LogP contribution in [0.3, 0.4) is 0 Å². The van der Waals surface area contributed by atoms with Crippen molar-refractivity contribution < 1.29 is 13.2 Å². The van der Waals surface area contributed by atoms with Gasteiger partial charge in [-0.25, -0.2) is 13.1 Å². The van der Waals surface area contributed by atoms with E-state index in [1.165, 1.54) is 16.4 Å². The molecule has 1 heterocycles. The van der Waals surface area contributed by atoms with Gasteiger partial charge in [0.05, 0.1) is 10.6 Å². The maximum absolute atomic E-state index is 12.9. The molecular weight excluding hydrogens is 424 g/mol. The number of nitrogens with one attached hydrogen (secondary N) is 1. The number of carbonyl (C=O) groups excluding carboxylic acids is 1. The van der Waals surface area contributed by atoms with Gasteiger partial charge < -0.3 is 5.32 Å². The fourth-order valence-corrected chi connectivity index (χ4v) is 4.36. The Hall–Kier alpha value is -3.75. The predicted molar refractivity (Wildman–Crippen MR) is 123 cm³/mol. The molecule has 0 atom stereocenters. The van der Waals surface area contributed by atoms with E-state index in [1.54, 1.807) is 54.3 Å². The lowest BCUT2D eigenvalue weighted by atomic mass is 10.2. The Labute approximate surface area is 187 Å². The number of benzene rings is 3. The van der Waals surface area contributed by atoms with Crippen LogP contribution >= 0.6 is 0 Å². The minimum atomic E-state index is -3.65. The van der Waals surface area contributed by atoms with E-state index in [1.807, 2.05) is 42.6 Å². The van der Waals surface area contributed by atoms with Crippen LogP contribution in [0.15, 0.2) is 102 Å². The zero-order valence-electron chi connectivity index (χ0n) is 17.4. The molecule has 0 saturated carbocycles. The number of rotatable bonds is 7. The summed E-state index contributed by atoms with van der Waals surface area (Å²) in [6, 6.07) is 24.4. The van der Waals surface area contributed by atoms with Gasteiger partial charge >= 0.3 is 0 Å². The van der Waals surface area contributed by atoms with Gasteiger partial charge in [-0.3, -0.25) is 4.79 Å². The summed E-state index contributed by atoms with van der Waals surface area (Å²) in [7, 11) is -2.10. The van der Waals surface area contributed by atoms with Gasteiger partial charge in [0.25, 0.3) is 5.91 Å². The lowest BCUT2D eigenvalue weighted by Crippen LogP contribution is -2.26. The normalized spacial score (nSPS) is 11.4. The van der Waals surface area contributed by atoms with Crippen LogP contribution in [0, 0.1) is 0 Å². The van der Waals surface area contributed by atoms with Gasteiger partial charge in [-0.1, -0.05) is 30.3 Å². The molecule has 0 spiro atoms. The summed E-state index contributed by atoms with van der Waals surface area (Å²) in [6.45, 7) is 0.274. The molecule has 1 N–H and O–H groups in total. The van der Waals surface area contributed by atoms with Gasteiger partial charge in [-0.2, -0.15) is 9.40 Å². The fraction of sp³-hybridized carbons (Fsp3) is 0.0833. The van der Waals surface area contributed by atoms with Crippen molar-refractivity contribution in [1.82, 2.24) is 14.1 Å². The van der Waals surface area contributed by atoms with Crippen LogP contribution in [0.2, 0.25) is 0 Å². The lowest BCUT2D eigenvalue weighted by molar-refractivity contribution is 0.102. The highest BCUT2D eigenvalue weighted by Gasteiger charge is 2.21. The highest BCUT2D eigenvalue weighted by molar-refractivity contribution is 7.89. The van der Waals surface area contributed by atoms with Crippen LogP contribution in [0.5, 0.6) is 0 Å². The summed E-state index contributed by atoms with van der Waals surface area (Å²) in [6.07, 6.45) is 3.51. The molecular formula is C24H22N4O3S. The van der Waals surface area contributed by atoms with Crippen molar-refractivity contribution in [2.24, 2.45) is 0 Å². The molecule has 3 aromatic carbocycles. The van der Waals surface area contributed by atoms with Crippen molar-refractivity contribution in [3.8, 4) is 5.69 Å². The summed E-state index contributed by atoms with van der Waals surface area (Å²) in [5, 5.41) is 6.95. The molecule has 0 aliphatic heterocycles. The van der Waals surface area contributed by atoms with Gasteiger partial charge in [0.2, 0.25) is 10.0 Å². The van der Waals surface area contributed by atoms with Crippen LogP contribution in [0.25, 0.3) is 5.69 Å². The molecule has 0 fully saturated rings. The van der Waals surface area contributed by atoms with Gasteiger partial charge in [-0.15, -0.1) is 0 Å². The maximum atomic E-state index is 12.9. The number of nitrogens with zero attached hydrogens (tertiary/aromatic N) is 3. The van der Waals surface area contributed by atoms with Crippen LogP contribution in [0.4, 0.5) is 5.69 Å². The first-order chi connectivity index (χ1) is 15.4. The third kappa shape index (κ3) is 4.77. The fourth-order valence-electron chi connectivity index (χ4n) is 3.21. The van der Waals surface area contributed by atoms with Crippen LogP contribution in [-0.2, 0) is 16.6 Å². The van der Waals surface area contributed by atoms with Crippen LogP contribution in [0.1, 0.15) is 15.9 Å². The number of hydrogen-bond donors (Lipinski definition) is 1. The molecule has 4 rings (SSSR count). The second kappa shape index (κ2) is 9.17. The molecule has 162 valence electrons. The number of sulfonamides is 1. The molecule has 0 radical (unpaired) electrons. The Bertz CT molecular complexity index is 1290. The summed E-state index contributed by atoms with van der Waals surface area (Å²) < 4.78 is 28.7. The monoisotopic (exact) mass is 446 g/mol. The average molecular weight is 447 g/mol. The van der Waals surface area contributed by atoms with Gasteiger partial charge in [0, 0.05) is 37.2 Å². The van der Waals surface area contributed by atoms with E-state index >= 15 is 0 Å². The van der Waals surface area contributed by atoms with Crippen molar-refractivity contribution in [2.75, 3.05) is 12.4 Å². The largest absolute Gasteiger partial charge is 0.322 e. The molecule has 0 saturated heterocycles. The minimum absolute atomic E-state index is 0.164. The highest BCUT2D eigenvalue weighted by Crippen LogP contribution is 2.20. The summed E-state index contributed by atoms with van der Waals surface area (Å²) in [4.78, 5) is 12.7. The van der Waals surface area contributed by atoms with Crippen LogP contribution < -0.4 is 5.32 Å². The quantitative estimate of drug-likeness (QED) is 0.466.